The van der Waals surface area contributed by atoms with Crippen molar-refractivity contribution < 1.29 is 37.7 Å². The van der Waals surface area contributed by atoms with Gasteiger partial charge in [-0.05, 0) is 37.1 Å². The van der Waals surface area contributed by atoms with Gasteiger partial charge in [0.05, 0.1) is 34.3 Å². The molecule has 0 aliphatic heterocycles. The van der Waals surface area contributed by atoms with E-state index in [0.29, 0.717) is 0 Å². The average Bonchev–Trinajstić information content (AvgIpc) is 2.82. The van der Waals surface area contributed by atoms with E-state index in [2.05, 4.69) is 10.6 Å². The Hall–Kier alpha value is -2.66. The summed E-state index contributed by atoms with van der Waals surface area (Å²) in [5, 5.41) is 15.8. The van der Waals surface area contributed by atoms with E-state index in [9.17, 15) is 23.5 Å². The first-order valence-corrected chi connectivity index (χ1v) is 11.4. The molecule has 0 heterocycles. The van der Waals surface area contributed by atoms with Gasteiger partial charge < -0.3 is 30.0 Å². The van der Waals surface area contributed by atoms with E-state index in [-0.39, 0.29) is 41.0 Å². The van der Waals surface area contributed by atoms with Crippen molar-refractivity contribution in [2.45, 2.75) is 37.1 Å². The highest BCUT2D eigenvalue weighted by Gasteiger charge is 2.38. The lowest BCUT2D eigenvalue weighted by Crippen LogP contribution is -2.58. The molecule has 2 aromatic carbocycles. The minimum absolute atomic E-state index is 0.0620. The topological polar surface area (TPSA) is 106 Å². The molecule has 1 saturated carbocycles. The number of hydrogen-bond acceptors (Lipinski definition) is 6. The third kappa shape index (κ3) is 7.66. The van der Waals surface area contributed by atoms with E-state index in [1.807, 2.05) is 0 Å². The van der Waals surface area contributed by atoms with Crippen molar-refractivity contribution >= 4 is 35.0 Å². The summed E-state index contributed by atoms with van der Waals surface area (Å²) in [7, 11) is 1.45. The Balaban J connectivity index is 1.47. The molecule has 2 aromatic rings. The number of methoxy groups -OCH3 is 1. The molecule has 1 aliphatic rings. The van der Waals surface area contributed by atoms with Gasteiger partial charge in [-0.15, -0.1) is 0 Å². The highest BCUT2D eigenvalue weighted by Crippen LogP contribution is 2.24. The summed E-state index contributed by atoms with van der Waals surface area (Å²) in [6.45, 7) is -0.780. The fourth-order valence-electron chi connectivity index (χ4n) is 3.64. The SMILES string of the molecule is CO[C@H]1CC(NC(=O)COc2ccc(Cl)c(F)c2)C(O)CC1NC(=O)COc1ccc(Cl)c(F)c1. The maximum absolute atomic E-state index is 13.5. The maximum atomic E-state index is 13.5. The number of amides is 2. The molecule has 190 valence electrons. The normalized spacial score (nSPS) is 21.8. The second kappa shape index (κ2) is 12.3. The van der Waals surface area contributed by atoms with Crippen LogP contribution in [0.25, 0.3) is 0 Å². The van der Waals surface area contributed by atoms with Gasteiger partial charge in [0.1, 0.15) is 23.1 Å². The Morgan fingerprint density at radius 3 is 1.86 bits per heavy atom. The number of carbonyl (C=O) groups is 2. The van der Waals surface area contributed by atoms with Gasteiger partial charge in [0, 0.05) is 19.2 Å². The molecule has 0 bridgehead atoms. The zero-order valence-corrected chi connectivity index (χ0v) is 20.1. The first kappa shape index (κ1) is 26.9. The molecule has 3 unspecified atom stereocenters. The van der Waals surface area contributed by atoms with Crippen molar-refractivity contribution in [1.29, 1.82) is 0 Å². The molecule has 0 radical (unpaired) electrons. The number of carbonyl (C=O) groups excluding carboxylic acids is 2. The van der Waals surface area contributed by atoms with Crippen molar-refractivity contribution in [3.63, 3.8) is 0 Å². The molecule has 0 aromatic heterocycles. The molecule has 4 atom stereocenters. The third-order valence-corrected chi connectivity index (χ3v) is 6.03. The van der Waals surface area contributed by atoms with E-state index in [1.54, 1.807) is 0 Å². The lowest BCUT2D eigenvalue weighted by molar-refractivity contribution is -0.129. The molecule has 0 spiro atoms. The number of aliphatic hydroxyl groups is 1. The maximum Gasteiger partial charge on any atom is 0.258 e. The smallest absolute Gasteiger partial charge is 0.258 e. The third-order valence-electron chi connectivity index (χ3n) is 5.41. The number of rotatable bonds is 9. The van der Waals surface area contributed by atoms with Crippen LogP contribution < -0.4 is 20.1 Å². The van der Waals surface area contributed by atoms with Crippen molar-refractivity contribution in [3.8, 4) is 11.5 Å². The zero-order valence-electron chi connectivity index (χ0n) is 18.6. The van der Waals surface area contributed by atoms with Gasteiger partial charge in [0.2, 0.25) is 0 Å². The Morgan fingerprint density at radius 1 is 0.914 bits per heavy atom. The lowest BCUT2D eigenvalue weighted by atomic mass is 9.86. The standard InChI is InChI=1S/C23H24Cl2F2N2O6/c1-33-21-9-18(28-22(31)10-34-12-2-4-14(24)16(26)6-12)20(30)8-19(21)29-23(32)11-35-13-3-5-15(25)17(27)7-13/h2-7,18-21,30H,8-11H2,1H3,(H,28,31)(H,29,32)/t18?,19?,20?,21-/m0/s1. The molecule has 1 fully saturated rings. The van der Waals surface area contributed by atoms with Crippen LogP contribution in [0.5, 0.6) is 11.5 Å². The average molecular weight is 533 g/mol. The van der Waals surface area contributed by atoms with Crippen molar-refractivity contribution in [3.05, 3.63) is 58.1 Å². The van der Waals surface area contributed by atoms with Crippen molar-refractivity contribution in [2.75, 3.05) is 20.3 Å². The molecule has 2 amide bonds. The lowest BCUT2D eigenvalue weighted by Gasteiger charge is -2.39. The van der Waals surface area contributed by atoms with Gasteiger partial charge in [-0.2, -0.15) is 0 Å². The van der Waals surface area contributed by atoms with Crippen LogP contribution >= 0.6 is 23.2 Å². The van der Waals surface area contributed by atoms with Gasteiger partial charge in [0.15, 0.2) is 13.2 Å². The van der Waals surface area contributed by atoms with E-state index in [4.69, 9.17) is 37.4 Å². The molecule has 8 nitrogen and oxygen atoms in total. The second-order valence-corrected chi connectivity index (χ2v) is 8.70. The van der Waals surface area contributed by atoms with Crippen LogP contribution in [0.1, 0.15) is 12.8 Å². The van der Waals surface area contributed by atoms with Crippen LogP contribution in [-0.2, 0) is 14.3 Å². The van der Waals surface area contributed by atoms with Crippen LogP contribution in [0.2, 0.25) is 10.0 Å². The molecule has 35 heavy (non-hydrogen) atoms. The molecule has 3 N–H and O–H groups in total. The number of nitrogens with one attached hydrogen (secondary N) is 2. The van der Waals surface area contributed by atoms with Crippen LogP contribution in [0.4, 0.5) is 8.78 Å². The Bertz CT molecular complexity index is 1060. The Kier molecular flexibility index (Phi) is 9.50. The summed E-state index contributed by atoms with van der Waals surface area (Å²) in [6.07, 6.45) is -1.16. The Labute approximate surface area is 210 Å². The van der Waals surface area contributed by atoms with Crippen molar-refractivity contribution in [2.24, 2.45) is 0 Å². The van der Waals surface area contributed by atoms with Crippen LogP contribution in [-0.4, -0.2) is 61.5 Å². The van der Waals surface area contributed by atoms with Crippen LogP contribution in [0.3, 0.4) is 0 Å². The van der Waals surface area contributed by atoms with E-state index >= 15 is 0 Å². The Morgan fingerprint density at radius 2 is 1.40 bits per heavy atom. The summed E-state index contributed by atoms with van der Waals surface area (Å²) < 4.78 is 43.0. The predicted molar refractivity (Wildman–Crippen MR) is 124 cm³/mol. The van der Waals surface area contributed by atoms with Crippen LogP contribution in [0, 0.1) is 11.6 Å². The minimum atomic E-state index is -0.977. The number of halogens is 4. The second-order valence-electron chi connectivity index (χ2n) is 7.89. The number of ether oxygens (including phenoxy) is 3. The summed E-state index contributed by atoms with van der Waals surface area (Å²) in [6, 6.07) is 6.41. The first-order valence-electron chi connectivity index (χ1n) is 10.6. The minimum Gasteiger partial charge on any atom is -0.484 e. The zero-order chi connectivity index (χ0) is 25.5. The van der Waals surface area contributed by atoms with Crippen molar-refractivity contribution in [1.82, 2.24) is 10.6 Å². The highest BCUT2D eigenvalue weighted by atomic mass is 35.5. The molecule has 0 saturated heterocycles. The summed E-state index contributed by atoms with van der Waals surface area (Å²) in [4.78, 5) is 24.6. The monoisotopic (exact) mass is 532 g/mol. The fraction of sp³-hybridized carbons (Fsp3) is 0.391. The van der Waals surface area contributed by atoms with E-state index in [1.165, 1.54) is 31.4 Å². The predicted octanol–water partition coefficient (Wildman–Crippen LogP) is 2.87. The van der Waals surface area contributed by atoms with Gasteiger partial charge in [-0.3, -0.25) is 9.59 Å². The summed E-state index contributed by atoms with van der Waals surface area (Å²) in [5.74, 6) is -2.09. The van der Waals surface area contributed by atoms with Gasteiger partial charge in [0.25, 0.3) is 11.8 Å². The fourth-order valence-corrected chi connectivity index (χ4v) is 3.88. The highest BCUT2D eigenvalue weighted by molar-refractivity contribution is 6.31. The molecule has 3 rings (SSSR count). The van der Waals surface area contributed by atoms with Crippen LogP contribution in [0.15, 0.2) is 36.4 Å². The quantitative estimate of drug-likeness (QED) is 0.458. The van der Waals surface area contributed by atoms with Gasteiger partial charge >= 0.3 is 0 Å². The van der Waals surface area contributed by atoms with Gasteiger partial charge in [-0.25, -0.2) is 8.78 Å². The molecule has 1 aliphatic carbocycles. The summed E-state index contributed by atoms with van der Waals surface area (Å²) in [5.41, 5.74) is 0. The number of aliphatic hydroxyl groups excluding tert-OH is 1. The number of benzene rings is 2. The molecular formula is C23H24Cl2F2N2O6. The summed E-state index contributed by atoms with van der Waals surface area (Å²) >= 11 is 11.2. The van der Waals surface area contributed by atoms with E-state index < -0.39 is 54.3 Å². The first-order chi connectivity index (χ1) is 16.7. The van der Waals surface area contributed by atoms with E-state index in [0.717, 1.165) is 12.1 Å². The molecular weight excluding hydrogens is 509 g/mol. The number of hydrogen-bond donors (Lipinski definition) is 3. The molecule has 12 heteroatoms. The largest absolute Gasteiger partial charge is 0.484 e. The van der Waals surface area contributed by atoms with Gasteiger partial charge in [-0.1, -0.05) is 23.2 Å².